The Kier molecular flexibility index (Phi) is 4.55. The molecule has 22 heavy (non-hydrogen) atoms. The van der Waals surface area contributed by atoms with Crippen LogP contribution in [0, 0.1) is 23.2 Å². The van der Waals surface area contributed by atoms with Crippen LogP contribution in [-0.2, 0) is 4.79 Å². The molecule has 0 saturated heterocycles. The Hall–Kier alpha value is -0.570. The number of nitrogens with one attached hydrogen (secondary N) is 1. The van der Waals surface area contributed by atoms with Crippen molar-refractivity contribution < 1.29 is 10.1 Å². The molecule has 3 N–H and O–H groups in total. The molecule has 0 spiro atoms. The second-order valence-electron chi connectivity index (χ2n) is 8.91. The van der Waals surface area contributed by atoms with Crippen LogP contribution in [0.5, 0.6) is 0 Å². The summed E-state index contributed by atoms with van der Waals surface area (Å²) >= 11 is 0. The van der Waals surface area contributed by atoms with Gasteiger partial charge in [-0.2, -0.15) is 0 Å². The van der Waals surface area contributed by atoms with Crippen molar-refractivity contribution in [2.24, 2.45) is 23.2 Å². The van der Waals surface area contributed by atoms with Crippen LogP contribution < -0.4 is 10.6 Å². The molecule has 126 valence electrons. The van der Waals surface area contributed by atoms with Gasteiger partial charge in [0.15, 0.2) is 6.54 Å². The molecule has 1 amide bonds. The molecule has 3 rings (SSSR count). The highest BCUT2D eigenvalue weighted by molar-refractivity contribution is 5.77. The molecule has 0 aromatic rings. The van der Waals surface area contributed by atoms with E-state index in [0.717, 1.165) is 18.4 Å². The molecular formula is C19H35N2O+. The third kappa shape index (κ3) is 2.81. The fourth-order valence-corrected chi connectivity index (χ4v) is 5.59. The molecule has 0 radical (unpaired) electrons. The lowest BCUT2D eigenvalue weighted by molar-refractivity contribution is -0.650. The van der Waals surface area contributed by atoms with E-state index in [-0.39, 0.29) is 16.9 Å². The van der Waals surface area contributed by atoms with E-state index >= 15 is 0 Å². The Balaban J connectivity index is 1.47. The van der Waals surface area contributed by atoms with Crippen LogP contribution >= 0.6 is 0 Å². The Morgan fingerprint density at radius 3 is 2.36 bits per heavy atom. The SMILES string of the molecule is CC1(C)[C@H]2CC[C@@H](C2)[C@@]1(C)NC(=O)C[NH2+]CC1CCCCC1. The normalized spacial score (nSPS) is 37.4. The summed E-state index contributed by atoms with van der Waals surface area (Å²) in [4.78, 5) is 12.5. The summed E-state index contributed by atoms with van der Waals surface area (Å²) < 4.78 is 0. The molecule has 0 aromatic heterocycles. The predicted octanol–water partition coefficient (Wildman–Crippen LogP) is 2.46. The molecule has 3 nitrogen and oxygen atoms in total. The van der Waals surface area contributed by atoms with Gasteiger partial charge in [-0.05, 0) is 56.3 Å². The van der Waals surface area contributed by atoms with Crippen molar-refractivity contribution in [2.75, 3.05) is 13.1 Å². The molecule has 3 heteroatoms. The van der Waals surface area contributed by atoms with Crippen LogP contribution in [0.25, 0.3) is 0 Å². The maximum Gasteiger partial charge on any atom is 0.275 e. The summed E-state index contributed by atoms with van der Waals surface area (Å²) in [6, 6.07) is 0. The van der Waals surface area contributed by atoms with Gasteiger partial charge in [0.2, 0.25) is 0 Å². The predicted molar refractivity (Wildman–Crippen MR) is 89.4 cm³/mol. The maximum absolute atomic E-state index is 12.5. The number of nitrogens with two attached hydrogens (primary N) is 1. The smallest absolute Gasteiger partial charge is 0.275 e. The zero-order chi connectivity index (χ0) is 15.8. The van der Waals surface area contributed by atoms with E-state index in [2.05, 4.69) is 31.4 Å². The number of amides is 1. The zero-order valence-electron chi connectivity index (χ0n) is 14.8. The molecule has 0 aromatic carbocycles. The minimum Gasteiger partial charge on any atom is -0.345 e. The molecular weight excluding hydrogens is 272 g/mol. The van der Waals surface area contributed by atoms with Gasteiger partial charge in [0.1, 0.15) is 0 Å². The van der Waals surface area contributed by atoms with Crippen LogP contribution in [0.4, 0.5) is 0 Å². The first-order valence-corrected chi connectivity index (χ1v) is 9.56. The first kappa shape index (κ1) is 16.3. The quantitative estimate of drug-likeness (QED) is 0.805. The van der Waals surface area contributed by atoms with Gasteiger partial charge in [-0.3, -0.25) is 4.79 Å². The molecule has 3 aliphatic rings. The van der Waals surface area contributed by atoms with E-state index in [0.29, 0.717) is 12.5 Å². The number of fused-ring (bicyclic) bond motifs is 2. The van der Waals surface area contributed by atoms with E-state index in [9.17, 15) is 4.79 Å². The van der Waals surface area contributed by atoms with Crippen LogP contribution in [0.3, 0.4) is 0 Å². The molecule has 2 bridgehead atoms. The van der Waals surface area contributed by atoms with E-state index < -0.39 is 0 Å². The van der Waals surface area contributed by atoms with Gasteiger partial charge < -0.3 is 10.6 Å². The lowest BCUT2D eigenvalue weighted by Crippen LogP contribution is -2.88. The maximum atomic E-state index is 12.5. The molecule has 3 atom stereocenters. The molecule has 3 saturated carbocycles. The Bertz CT molecular complexity index is 414. The molecule has 3 aliphatic carbocycles. The van der Waals surface area contributed by atoms with Crippen LogP contribution in [0.2, 0.25) is 0 Å². The van der Waals surface area contributed by atoms with Gasteiger partial charge in [0.05, 0.1) is 6.54 Å². The largest absolute Gasteiger partial charge is 0.345 e. The van der Waals surface area contributed by atoms with Crippen molar-refractivity contribution in [3.05, 3.63) is 0 Å². The number of hydrogen-bond donors (Lipinski definition) is 2. The average Bonchev–Trinajstić information content (AvgIpc) is 3.03. The second kappa shape index (κ2) is 6.14. The van der Waals surface area contributed by atoms with Crippen molar-refractivity contribution in [1.82, 2.24) is 5.32 Å². The zero-order valence-corrected chi connectivity index (χ0v) is 14.8. The number of carbonyl (C=O) groups is 1. The third-order valence-corrected chi connectivity index (χ3v) is 7.56. The summed E-state index contributed by atoms with van der Waals surface area (Å²) in [5, 5.41) is 5.69. The average molecular weight is 308 g/mol. The Morgan fingerprint density at radius 2 is 1.73 bits per heavy atom. The van der Waals surface area contributed by atoms with Crippen molar-refractivity contribution in [2.45, 2.75) is 77.7 Å². The Morgan fingerprint density at radius 1 is 1.05 bits per heavy atom. The highest BCUT2D eigenvalue weighted by Crippen LogP contribution is 2.61. The highest BCUT2D eigenvalue weighted by atomic mass is 16.2. The van der Waals surface area contributed by atoms with E-state index in [1.54, 1.807) is 0 Å². The monoisotopic (exact) mass is 307 g/mol. The first-order valence-electron chi connectivity index (χ1n) is 9.56. The van der Waals surface area contributed by atoms with E-state index in [1.807, 2.05) is 0 Å². The first-order chi connectivity index (χ1) is 10.4. The van der Waals surface area contributed by atoms with Gasteiger partial charge in [-0.1, -0.05) is 33.1 Å². The second-order valence-corrected chi connectivity index (χ2v) is 8.91. The standard InChI is InChI=1S/C19H34N2O/c1-18(2)15-9-10-16(11-15)19(18,3)21-17(22)13-20-12-14-7-5-4-6-8-14/h14-16,20H,4-13H2,1-3H3,(H,21,22)/p+1/t15-,16-,19+/m0/s1. The molecule has 0 aliphatic heterocycles. The summed E-state index contributed by atoms with van der Waals surface area (Å²) in [5.74, 6) is 2.58. The van der Waals surface area contributed by atoms with Crippen LogP contribution in [0.1, 0.15) is 72.1 Å². The Labute approximate surface area is 136 Å². The van der Waals surface area contributed by atoms with Crippen molar-refractivity contribution >= 4 is 5.91 Å². The van der Waals surface area contributed by atoms with Gasteiger partial charge in [-0.15, -0.1) is 0 Å². The molecule has 0 heterocycles. The van der Waals surface area contributed by atoms with Gasteiger partial charge in [0, 0.05) is 11.5 Å². The number of rotatable bonds is 5. The number of carbonyl (C=O) groups excluding carboxylic acids is 1. The minimum atomic E-state index is 0.00563. The van der Waals surface area contributed by atoms with Gasteiger partial charge in [0.25, 0.3) is 5.91 Å². The van der Waals surface area contributed by atoms with E-state index in [4.69, 9.17) is 0 Å². The fraction of sp³-hybridized carbons (Fsp3) is 0.947. The van der Waals surface area contributed by atoms with Crippen molar-refractivity contribution in [1.29, 1.82) is 0 Å². The molecule has 3 fully saturated rings. The summed E-state index contributed by atoms with van der Waals surface area (Å²) in [7, 11) is 0. The third-order valence-electron chi connectivity index (χ3n) is 7.56. The summed E-state index contributed by atoms with van der Waals surface area (Å²) in [5.41, 5.74) is 0.251. The van der Waals surface area contributed by atoms with Crippen molar-refractivity contribution in [3.8, 4) is 0 Å². The lowest BCUT2D eigenvalue weighted by Gasteiger charge is -2.48. The number of hydrogen-bond acceptors (Lipinski definition) is 1. The number of quaternary nitrogens is 1. The topological polar surface area (TPSA) is 45.7 Å². The summed E-state index contributed by atoms with van der Waals surface area (Å²) in [6.07, 6.45) is 10.9. The van der Waals surface area contributed by atoms with Crippen molar-refractivity contribution in [3.63, 3.8) is 0 Å². The van der Waals surface area contributed by atoms with Crippen LogP contribution in [-0.4, -0.2) is 24.5 Å². The lowest BCUT2D eigenvalue weighted by atomic mass is 9.64. The van der Waals surface area contributed by atoms with Gasteiger partial charge in [-0.25, -0.2) is 0 Å². The van der Waals surface area contributed by atoms with Gasteiger partial charge >= 0.3 is 0 Å². The van der Waals surface area contributed by atoms with Crippen LogP contribution in [0.15, 0.2) is 0 Å². The summed E-state index contributed by atoms with van der Waals surface area (Å²) in [6.45, 7) is 8.78. The fourth-order valence-electron chi connectivity index (χ4n) is 5.59. The highest BCUT2D eigenvalue weighted by Gasteiger charge is 2.60. The van der Waals surface area contributed by atoms with E-state index in [1.165, 1.54) is 51.4 Å². The minimum absolute atomic E-state index is 0.00563. The molecule has 0 unspecified atom stereocenters.